The highest BCUT2D eigenvalue weighted by Crippen LogP contribution is 2.61. The molecule has 1 aliphatic carbocycles. The third-order valence-electron chi connectivity index (χ3n) is 6.63. The number of esters is 1. The van der Waals surface area contributed by atoms with E-state index in [4.69, 9.17) is 18.9 Å². The smallest absolute Gasteiger partial charge is 0.337 e. The summed E-state index contributed by atoms with van der Waals surface area (Å²) in [5, 5.41) is 49.5. The number of fused-ring (bicyclic) bond motifs is 1. The Labute approximate surface area is 167 Å². The molecule has 164 valence electrons. The summed E-state index contributed by atoms with van der Waals surface area (Å²) in [6.07, 6.45) is -4.96. The van der Waals surface area contributed by atoms with Gasteiger partial charge in [0.1, 0.15) is 24.4 Å². The van der Waals surface area contributed by atoms with Crippen molar-refractivity contribution in [3.05, 3.63) is 23.5 Å². The fourth-order valence-electron chi connectivity index (χ4n) is 4.38. The number of allylic oxidation sites excluding steroid dienone is 1. The first-order chi connectivity index (χ1) is 13.6. The molecule has 3 rings (SSSR count). The molecule has 1 saturated heterocycles. The molecule has 2 heterocycles. The Kier molecular flexibility index (Phi) is 6.08. The Hall–Kier alpha value is -1.53. The van der Waals surface area contributed by atoms with E-state index in [1.165, 1.54) is 13.4 Å². The van der Waals surface area contributed by atoms with Crippen LogP contribution in [0.15, 0.2) is 23.5 Å². The summed E-state index contributed by atoms with van der Waals surface area (Å²) in [5.41, 5.74) is -1.02. The molecule has 10 nitrogen and oxygen atoms in total. The van der Waals surface area contributed by atoms with Gasteiger partial charge in [-0.25, -0.2) is 4.79 Å². The Morgan fingerprint density at radius 3 is 2.48 bits per heavy atom. The summed E-state index contributed by atoms with van der Waals surface area (Å²) in [4.78, 5) is 12.3. The zero-order valence-corrected chi connectivity index (χ0v) is 16.5. The molecule has 8 atom stereocenters. The molecule has 29 heavy (non-hydrogen) atoms. The first-order valence-electron chi connectivity index (χ1n) is 9.36. The van der Waals surface area contributed by atoms with Gasteiger partial charge in [-0.1, -0.05) is 13.0 Å². The number of ether oxygens (including phenoxy) is 4. The van der Waals surface area contributed by atoms with Gasteiger partial charge in [-0.3, -0.25) is 0 Å². The van der Waals surface area contributed by atoms with Crippen molar-refractivity contribution in [2.24, 2.45) is 10.8 Å². The van der Waals surface area contributed by atoms with Gasteiger partial charge in [0.05, 0.1) is 37.6 Å². The molecule has 0 aromatic carbocycles. The number of carbonyl (C=O) groups excluding carboxylic acids is 1. The largest absolute Gasteiger partial charge is 0.471 e. The summed E-state index contributed by atoms with van der Waals surface area (Å²) in [5.74, 6) is -0.572. The standard InChI is InChI=1S/C19H28O10/c1-18-5-4-9(6-20)19(18,2)17(27-8-10(18)15(25)26-3)29-16-14(24)13(23)12(22)11(7-21)28-16/h4,8,11-14,16-17,20-24H,5-7H2,1-3H3/t11?,12-,13+,14?,16+,17+,18-,19+/m1/s1. The zero-order chi connectivity index (χ0) is 21.6. The number of rotatable bonds is 5. The van der Waals surface area contributed by atoms with Crippen LogP contribution >= 0.6 is 0 Å². The molecule has 2 unspecified atom stereocenters. The van der Waals surface area contributed by atoms with E-state index in [1.807, 2.05) is 6.92 Å². The maximum atomic E-state index is 12.3. The van der Waals surface area contributed by atoms with Gasteiger partial charge in [0.2, 0.25) is 6.29 Å². The van der Waals surface area contributed by atoms with E-state index < -0.39 is 60.4 Å². The molecule has 5 N–H and O–H groups in total. The minimum Gasteiger partial charge on any atom is -0.471 e. The number of hydrogen-bond acceptors (Lipinski definition) is 10. The molecule has 1 fully saturated rings. The molecule has 0 amide bonds. The molecule has 0 saturated carbocycles. The Morgan fingerprint density at radius 1 is 1.21 bits per heavy atom. The molecular weight excluding hydrogens is 388 g/mol. The van der Waals surface area contributed by atoms with Gasteiger partial charge in [0.25, 0.3) is 0 Å². The first kappa shape index (κ1) is 22.2. The monoisotopic (exact) mass is 416 g/mol. The summed E-state index contributed by atoms with van der Waals surface area (Å²) in [6.45, 7) is 2.67. The van der Waals surface area contributed by atoms with E-state index in [9.17, 15) is 30.3 Å². The number of aliphatic hydroxyl groups is 5. The minimum atomic E-state index is -1.61. The number of carbonyl (C=O) groups is 1. The fourth-order valence-corrected chi connectivity index (χ4v) is 4.38. The van der Waals surface area contributed by atoms with E-state index >= 15 is 0 Å². The van der Waals surface area contributed by atoms with Crippen LogP contribution in [-0.4, -0.2) is 88.8 Å². The van der Waals surface area contributed by atoms with Gasteiger partial charge in [-0.2, -0.15) is 0 Å². The lowest BCUT2D eigenvalue weighted by Gasteiger charge is -2.51. The molecule has 0 bridgehead atoms. The second-order valence-electron chi connectivity index (χ2n) is 7.95. The van der Waals surface area contributed by atoms with Crippen molar-refractivity contribution >= 4 is 5.97 Å². The van der Waals surface area contributed by atoms with Crippen molar-refractivity contribution < 1.29 is 49.3 Å². The van der Waals surface area contributed by atoms with E-state index in [-0.39, 0.29) is 12.2 Å². The summed E-state index contributed by atoms with van der Waals surface area (Å²) in [7, 11) is 1.26. The molecular formula is C19H28O10. The van der Waals surface area contributed by atoms with Crippen molar-refractivity contribution in [1.29, 1.82) is 0 Å². The first-order valence-corrected chi connectivity index (χ1v) is 9.36. The minimum absolute atomic E-state index is 0.274. The molecule has 0 spiro atoms. The predicted molar refractivity (Wildman–Crippen MR) is 95.8 cm³/mol. The van der Waals surface area contributed by atoms with Gasteiger partial charge in [0, 0.05) is 5.41 Å². The van der Waals surface area contributed by atoms with Crippen LogP contribution in [0.25, 0.3) is 0 Å². The third-order valence-corrected chi connectivity index (χ3v) is 6.63. The Bertz CT molecular complexity index is 703. The van der Waals surface area contributed by atoms with Crippen molar-refractivity contribution in [2.45, 2.75) is 57.3 Å². The average Bonchev–Trinajstić information content (AvgIpc) is 2.99. The van der Waals surface area contributed by atoms with Gasteiger partial charge in [0.15, 0.2) is 6.29 Å². The summed E-state index contributed by atoms with van der Waals surface area (Å²) >= 11 is 0. The van der Waals surface area contributed by atoms with Crippen molar-refractivity contribution in [3.63, 3.8) is 0 Å². The van der Waals surface area contributed by atoms with Gasteiger partial charge in [-0.15, -0.1) is 0 Å². The molecule has 0 aromatic rings. The van der Waals surface area contributed by atoms with Crippen LogP contribution in [-0.2, 0) is 23.7 Å². The SMILES string of the molecule is COC(=O)C1=CO[C@@H](O[C@@H]2OC(CO)[C@@H](O)[C@H](O)C2O)[C@]2(C)C(CO)=CC[C@]12C. The van der Waals surface area contributed by atoms with Crippen LogP contribution < -0.4 is 0 Å². The molecule has 10 heteroatoms. The number of methoxy groups -OCH3 is 1. The molecule has 0 aromatic heterocycles. The van der Waals surface area contributed by atoms with Crippen LogP contribution in [0, 0.1) is 10.8 Å². The van der Waals surface area contributed by atoms with Crippen LogP contribution in [0.1, 0.15) is 20.3 Å². The van der Waals surface area contributed by atoms with Crippen LogP contribution in [0.5, 0.6) is 0 Å². The van der Waals surface area contributed by atoms with Crippen LogP contribution in [0.2, 0.25) is 0 Å². The van der Waals surface area contributed by atoms with Gasteiger partial charge < -0.3 is 44.5 Å². The van der Waals surface area contributed by atoms with E-state index in [1.54, 1.807) is 13.0 Å². The lowest BCUT2D eigenvalue weighted by atomic mass is 9.60. The highest BCUT2D eigenvalue weighted by molar-refractivity contribution is 5.90. The lowest BCUT2D eigenvalue weighted by molar-refractivity contribution is -0.350. The maximum Gasteiger partial charge on any atom is 0.337 e. The van der Waals surface area contributed by atoms with Gasteiger partial charge in [-0.05, 0) is 18.9 Å². The summed E-state index contributed by atoms with van der Waals surface area (Å²) < 4.78 is 21.8. The van der Waals surface area contributed by atoms with Crippen molar-refractivity contribution in [3.8, 4) is 0 Å². The Balaban J connectivity index is 1.94. The zero-order valence-electron chi connectivity index (χ0n) is 16.5. The average molecular weight is 416 g/mol. The third kappa shape index (κ3) is 3.19. The van der Waals surface area contributed by atoms with Crippen molar-refractivity contribution in [1.82, 2.24) is 0 Å². The number of aliphatic hydroxyl groups excluding tert-OH is 5. The fraction of sp³-hybridized carbons (Fsp3) is 0.737. The van der Waals surface area contributed by atoms with E-state index in [2.05, 4.69) is 0 Å². The topological polar surface area (TPSA) is 155 Å². The quantitative estimate of drug-likeness (QED) is 0.265. The Morgan fingerprint density at radius 2 is 1.90 bits per heavy atom. The van der Waals surface area contributed by atoms with E-state index in [0.29, 0.717) is 12.0 Å². The highest BCUT2D eigenvalue weighted by Gasteiger charge is 2.62. The van der Waals surface area contributed by atoms with E-state index in [0.717, 1.165) is 0 Å². The van der Waals surface area contributed by atoms with Crippen LogP contribution in [0.3, 0.4) is 0 Å². The number of hydrogen-bond donors (Lipinski definition) is 5. The molecule has 0 radical (unpaired) electrons. The highest BCUT2D eigenvalue weighted by atomic mass is 16.8. The molecule has 3 aliphatic rings. The van der Waals surface area contributed by atoms with Crippen molar-refractivity contribution in [2.75, 3.05) is 20.3 Å². The second kappa shape index (κ2) is 7.95. The lowest BCUT2D eigenvalue weighted by Crippen LogP contribution is -2.61. The van der Waals surface area contributed by atoms with Gasteiger partial charge >= 0.3 is 5.97 Å². The predicted octanol–water partition coefficient (Wildman–Crippen LogP) is -1.45. The normalized spacial score (nSPS) is 44.4. The maximum absolute atomic E-state index is 12.3. The summed E-state index contributed by atoms with van der Waals surface area (Å²) in [6, 6.07) is 0. The van der Waals surface area contributed by atoms with Crippen LogP contribution in [0.4, 0.5) is 0 Å². The molecule has 2 aliphatic heterocycles. The second-order valence-corrected chi connectivity index (χ2v) is 7.95.